The number of nitrogens with zero attached hydrogens (tertiary/aromatic N) is 1. The molecule has 0 spiro atoms. The van der Waals surface area contributed by atoms with Gasteiger partial charge in [-0.15, -0.1) is 0 Å². The minimum Gasteiger partial charge on any atom is -0.507 e. The SMILES string of the molecule is CN(C)[C@@H]1C(OCc2ccccc2)=C(C(N)=O)C(=O)C2(O)C(=O)C3C(=O)c4c(O)cccc4C[C@H]3C[C@@H]12. The second-order valence-corrected chi connectivity index (χ2v) is 10.2. The molecule has 0 heterocycles. The molecule has 0 radical (unpaired) electrons. The Morgan fingerprint density at radius 3 is 2.46 bits per heavy atom. The van der Waals surface area contributed by atoms with Crippen molar-refractivity contribution in [1.29, 1.82) is 0 Å². The van der Waals surface area contributed by atoms with Gasteiger partial charge in [0.25, 0.3) is 5.91 Å². The molecular formula is C28H28N2O7. The summed E-state index contributed by atoms with van der Waals surface area (Å²) in [5.74, 6) is -6.92. The van der Waals surface area contributed by atoms with Gasteiger partial charge < -0.3 is 20.7 Å². The zero-order valence-electron chi connectivity index (χ0n) is 20.5. The fourth-order valence-corrected chi connectivity index (χ4v) is 6.27. The van der Waals surface area contributed by atoms with Crippen molar-refractivity contribution >= 4 is 23.3 Å². The number of Topliss-reactive ketones (excluding diaryl/α,β-unsaturated/α-hetero) is 3. The molecule has 5 rings (SSSR count). The monoisotopic (exact) mass is 504 g/mol. The highest BCUT2D eigenvalue weighted by Gasteiger charge is 2.67. The first-order chi connectivity index (χ1) is 17.6. The standard InChI is InChI=1S/C28H28N2O7/c1-30(2)22-17-12-16-11-15-9-6-10-18(31)19(15)23(32)20(16)25(33)28(17,36)26(34)21(27(29)35)24(22)37-13-14-7-4-3-5-8-14/h3-10,16-17,20,22,31,36H,11-13H2,1-2H3,(H2,29,35)/t16-,17-,20?,22-,28?/m0/s1. The molecule has 2 unspecified atom stereocenters. The lowest BCUT2D eigenvalue weighted by molar-refractivity contribution is -0.170. The van der Waals surface area contributed by atoms with Crippen molar-refractivity contribution < 1.29 is 34.1 Å². The van der Waals surface area contributed by atoms with Crippen molar-refractivity contribution in [2.75, 3.05) is 14.1 Å². The van der Waals surface area contributed by atoms with Crippen LogP contribution < -0.4 is 5.73 Å². The fraction of sp³-hybridized carbons (Fsp3) is 0.357. The maximum absolute atomic E-state index is 13.9. The molecule has 1 fully saturated rings. The van der Waals surface area contributed by atoms with Gasteiger partial charge in [-0.2, -0.15) is 0 Å². The number of phenols is 1. The average molecular weight is 505 g/mol. The molecule has 9 heteroatoms. The number of fused-ring (bicyclic) bond motifs is 3. The third kappa shape index (κ3) is 3.69. The van der Waals surface area contributed by atoms with Gasteiger partial charge in [0.2, 0.25) is 5.78 Å². The molecule has 37 heavy (non-hydrogen) atoms. The molecule has 3 aliphatic carbocycles. The van der Waals surface area contributed by atoms with Crippen LogP contribution in [0.1, 0.15) is 27.9 Å². The van der Waals surface area contributed by atoms with Gasteiger partial charge in [-0.1, -0.05) is 42.5 Å². The Balaban J connectivity index is 1.62. The number of aliphatic hydroxyl groups is 1. The average Bonchev–Trinajstić information content (AvgIpc) is 2.85. The number of aromatic hydroxyl groups is 1. The molecule has 0 aliphatic heterocycles. The molecule has 1 amide bonds. The van der Waals surface area contributed by atoms with E-state index in [2.05, 4.69) is 0 Å². The van der Waals surface area contributed by atoms with E-state index in [1.54, 1.807) is 31.1 Å². The van der Waals surface area contributed by atoms with Gasteiger partial charge in [-0.05, 0) is 50.0 Å². The van der Waals surface area contributed by atoms with E-state index >= 15 is 0 Å². The van der Waals surface area contributed by atoms with Gasteiger partial charge in [0.1, 0.15) is 23.7 Å². The summed E-state index contributed by atoms with van der Waals surface area (Å²) < 4.78 is 6.04. The van der Waals surface area contributed by atoms with Crippen molar-refractivity contribution in [2.24, 2.45) is 23.5 Å². The van der Waals surface area contributed by atoms with E-state index < -0.39 is 58.2 Å². The van der Waals surface area contributed by atoms with Crippen LogP contribution in [0, 0.1) is 17.8 Å². The number of carbonyl (C=O) groups is 4. The quantitative estimate of drug-likeness (QED) is 0.406. The maximum Gasteiger partial charge on any atom is 0.255 e. The number of ketones is 3. The molecular weight excluding hydrogens is 476 g/mol. The Kier molecular flexibility index (Phi) is 6.00. The summed E-state index contributed by atoms with van der Waals surface area (Å²) in [4.78, 5) is 55.3. The minimum atomic E-state index is -2.64. The number of primary amides is 1. The van der Waals surface area contributed by atoms with Gasteiger partial charge in [0.15, 0.2) is 17.2 Å². The van der Waals surface area contributed by atoms with Crippen molar-refractivity contribution in [3.05, 3.63) is 76.6 Å². The number of hydrogen-bond donors (Lipinski definition) is 3. The van der Waals surface area contributed by atoms with E-state index in [9.17, 15) is 29.4 Å². The van der Waals surface area contributed by atoms with Crippen molar-refractivity contribution in [3.8, 4) is 5.75 Å². The Morgan fingerprint density at radius 2 is 1.81 bits per heavy atom. The maximum atomic E-state index is 13.9. The van der Waals surface area contributed by atoms with E-state index in [0.717, 1.165) is 5.56 Å². The van der Waals surface area contributed by atoms with Gasteiger partial charge in [0.05, 0.1) is 17.5 Å². The van der Waals surface area contributed by atoms with Crippen LogP contribution in [0.2, 0.25) is 0 Å². The van der Waals surface area contributed by atoms with Gasteiger partial charge in [0, 0.05) is 5.92 Å². The molecule has 4 N–H and O–H groups in total. The Morgan fingerprint density at radius 1 is 1.11 bits per heavy atom. The number of ether oxygens (including phenoxy) is 1. The van der Waals surface area contributed by atoms with E-state index in [1.165, 1.54) is 6.07 Å². The zero-order valence-corrected chi connectivity index (χ0v) is 20.5. The lowest BCUT2D eigenvalue weighted by Gasteiger charge is -2.52. The molecule has 192 valence electrons. The molecule has 3 aliphatic rings. The van der Waals surface area contributed by atoms with Crippen LogP contribution in [0.4, 0.5) is 0 Å². The highest BCUT2D eigenvalue weighted by atomic mass is 16.5. The number of rotatable bonds is 5. The molecule has 2 aromatic carbocycles. The molecule has 0 aromatic heterocycles. The van der Waals surface area contributed by atoms with Crippen LogP contribution in [0.25, 0.3) is 0 Å². The van der Waals surface area contributed by atoms with Gasteiger partial charge >= 0.3 is 0 Å². The number of benzene rings is 2. The third-order valence-corrected chi connectivity index (χ3v) is 7.87. The number of nitrogens with two attached hydrogens (primary N) is 1. The number of hydrogen-bond acceptors (Lipinski definition) is 8. The van der Waals surface area contributed by atoms with E-state index in [0.29, 0.717) is 12.0 Å². The topological polar surface area (TPSA) is 147 Å². The first-order valence-electron chi connectivity index (χ1n) is 12.1. The molecule has 0 bridgehead atoms. The van der Waals surface area contributed by atoms with Crippen molar-refractivity contribution in [1.82, 2.24) is 4.90 Å². The number of carbonyl (C=O) groups excluding carboxylic acids is 4. The lowest BCUT2D eigenvalue weighted by atomic mass is 9.54. The molecule has 5 atom stereocenters. The summed E-state index contributed by atoms with van der Waals surface area (Å²) in [6.07, 6.45) is 0.464. The normalized spacial score (nSPS) is 29.0. The summed E-state index contributed by atoms with van der Waals surface area (Å²) in [5, 5.41) is 22.1. The van der Waals surface area contributed by atoms with Crippen molar-refractivity contribution in [2.45, 2.75) is 31.1 Å². The van der Waals surface area contributed by atoms with E-state index in [-0.39, 0.29) is 30.1 Å². The number of phenolic OH excluding ortho intramolecular Hbond substituents is 1. The van der Waals surface area contributed by atoms with Crippen molar-refractivity contribution in [3.63, 3.8) is 0 Å². The predicted molar refractivity (Wildman–Crippen MR) is 131 cm³/mol. The molecule has 9 nitrogen and oxygen atoms in total. The fourth-order valence-electron chi connectivity index (χ4n) is 6.27. The van der Waals surface area contributed by atoms with E-state index in [1.807, 2.05) is 30.3 Å². The minimum absolute atomic E-state index is 0.00691. The van der Waals surface area contributed by atoms with Gasteiger partial charge in [-0.3, -0.25) is 24.1 Å². The largest absolute Gasteiger partial charge is 0.507 e. The highest BCUT2D eigenvalue weighted by molar-refractivity contribution is 6.32. The summed E-state index contributed by atoms with van der Waals surface area (Å²) in [6, 6.07) is 13.0. The first-order valence-corrected chi connectivity index (χ1v) is 12.1. The van der Waals surface area contributed by atoms with E-state index in [4.69, 9.17) is 10.5 Å². The predicted octanol–water partition coefficient (Wildman–Crippen LogP) is 1.15. The first kappa shape index (κ1) is 24.9. The van der Waals surface area contributed by atoms with Crippen LogP contribution in [0.15, 0.2) is 59.9 Å². The third-order valence-electron chi connectivity index (χ3n) is 7.87. The highest BCUT2D eigenvalue weighted by Crippen LogP contribution is 2.51. The lowest BCUT2D eigenvalue weighted by Crippen LogP contribution is -2.69. The molecule has 0 saturated heterocycles. The second kappa shape index (κ2) is 8.93. The summed E-state index contributed by atoms with van der Waals surface area (Å²) in [6.45, 7) is 0.0425. The molecule has 1 saturated carbocycles. The summed E-state index contributed by atoms with van der Waals surface area (Å²) in [5.41, 5.74) is 3.83. The Hall–Kier alpha value is -3.82. The Bertz CT molecular complexity index is 1350. The molecule has 2 aromatic rings. The zero-order chi connectivity index (χ0) is 26.6. The smallest absolute Gasteiger partial charge is 0.255 e. The van der Waals surface area contributed by atoms with Crippen LogP contribution in [0.5, 0.6) is 5.75 Å². The Labute approximate surface area is 213 Å². The van der Waals surface area contributed by atoms with Gasteiger partial charge in [-0.25, -0.2) is 0 Å². The van der Waals surface area contributed by atoms with Crippen LogP contribution >= 0.6 is 0 Å². The summed E-state index contributed by atoms with van der Waals surface area (Å²) >= 11 is 0. The van der Waals surface area contributed by atoms with Crippen LogP contribution in [-0.2, 0) is 32.1 Å². The second-order valence-electron chi connectivity index (χ2n) is 10.2. The number of amides is 1. The van der Waals surface area contributed by atoms with Crippen LogP contribution in [0.3, 0.4) is 0 Å². The van der Waals surface area contributed by atoms with Crippen LogP contribution in [-0.4, -0.2) is 64.1 Å². The number of likely N-dealkylation sites (N-methyl/N-ethyl adjacent to an activating group) is 1. The summed E-state index contributed by atoms with van der Waals surface area (Å²) in [7, 11) is 3.39.